The number of aromatic nitrogens is 1. The van der Waals surface area contributed by atoms with Crippen LogP contribution >= 0.6 is 0 Å². The minimum atomic E-state index is 0. The second-order valence-electron chi connectivity index (χ2n) is 6.93. The minimum absolute atomic E-state index is 0. The molecule has 0 saturated carbocycles. The molecule has 2 aromatic carbocycles. The maximum absolute atomic E-state index is 6.00. The van der Waals surface area contributed by atoms with Gasteiger partial charge in [-0.2, -0.15) is 0 Å². The fourth-order valence-electron chi connectivity index (χ4n) is 3.43. The summed E-state index contributed by atoms with van der Waals surface area (Å²) in [5, 5.41) is 0. The van der Waals surface area contributed by atoms with E-state index < -0.39 is 0 Å². The predicted octanol–water partition coefficient (Wildman–Crippen LogP) is 6.19. The number of hydrogen-bond donors (Lipinski definition) is 0. The van der Waals surface area contributed by atoms with Gasteiger partial charge in [0.2, 0.25) is 0 Å². The van der Waals surface area contributed by atoms with Gasteiger partial charge < -0.3 is 14.2 Å². The van der Waals surface area contributed by atoms with Crippen molar-refractivity contribution in [2.75, 3.05) is 20.8 Å². The molecule has 1 aromatic heterocycles. The van der Waals surface area contributed by atoms with Gasteiger partial charge in [-0.15, -0.1) is 0 Å². The van der Waals surface area contributed by atoms with E-state index >= 15 is 0 Å². The maximum atomic E-state index is 6.00. The summed E-state index contributed by atoms with van der Waals surface area (Å²) in [5.41, 5.74) is 4.32. The fourth-order valence-corrected chi connectivity index (χ4v) is 3.43. The molecule has 160 valence electrons. The Balaban J connectivity index is 0.00000272. The molecule has 2 heterocycles. The number of nitrogens with zero attached hydrogens (tertiary/aromatic N) is 2. The fraction of sp³-hybridized carbons (Fsp3) is 0.231. The van der Waals surface area contributed by atoms with Gasteiger partial charge >= 0.3 is 0 Å². The molecular formula is C26H28N2O3. The van der Waals surface area contributed by atoms with E-state index in [0.717, 1.165) is 47.7 Å². The third kappa shape index (κ3) is 5.31. The van der Waals surface area contributed by atoms with Crippen molar-refractivity contribution in [3.63, 3.8) is 0 Å². The summed E-state index contributed by atoms with van der Waals surface area (Å²) in [6, 6.07) is 17.4. The van der Waals surface area contributed by atoms with Crippen LogP contribution in [0, 0.1) is 0 Å². The number of ether oxygens (including phenoxy) is 3. The van der Waals surface area contributed by atoms with Gasteiger partial charge in [-0.25, -0.2) is 0 Å². The molecule has 31 heavy (non-hydrogen) atoms. The van der Waals surface area contributed by atoms with Crippen molar-refractivity contribution < 1.29 is 14.2 Å². The lowest BCUT2D eigenvalue weighted by atomic mass is 9.95. The van der Waals surface area contributed by atoms with Crippen molar-refractivity contribution in [3.05, 3.63) is 83.7 Å². The molecule has 0 saturated heterocycles. The second kappa shape index (κ2) is 10.4. The molecule has 0 fully saturated rings. The van der Waals surface area contributed by atoms with Crippen molar-refractivity contribution >= 4 is 11.8 Å². The standard InChI is InChI=1S/C25H24N2O3.CH4/c1-28-21-8-10-22(11-9-21)30-23-12-7-18(16-24(23)29-2)15-19-5-4-14-27-25(19)20-6-3-13-26-17-20;/h3,6-13,15-17H,4-5,14H2,1-2H3;1H4/b19-15+;. The topological polar surface area (TPSA) is 52.9 Å². The Morgan fingerprint density at radius 3 is 2.42 bits per heavy atom. The van der Waals surface area contributed by atoms with Crippen LogP contribution in [0.25, 0.3) is 6.08 Å². The van der Waals surface area contributed by atoms with Crippen LogP contribution in [-0.4, -0.2) is 31.5 Å². The van der Waals surface area contributed by atoms with Gasteiger partial charge in [0.05, 0.1) is 19.9 Å². The SMILES string of the molecule is C.COc1ccc(Oc2ccc(/C=C3\CCCN=C3c3cccnc3)cc2OC)cc1. The minimum Gasteiger partial charge on any atom is -0.497 e. The largest absolute Gasteiger partial charge is 0.497 e. The molecule has 0 atom stereocenters. The van der Waals surface area contributed by atoms with E-state index in [1.807, 2.05) is 54.7 Å². The molecule has 5 heteroatoms. The molecule has 0 radical (unpaired) electrons. The van der Waals surface area contributed by atoms with Gasteiger partial charge in [-0.1, -0.05) is 13.5 Å². The molecule has 1 aliphatic rings. The molecule has 0 unspecified atom stereocenters. The first-order valence-electron chi connectivity index (χ1n) is 9.92. The Hall–Kier alpha value is -3.60. The Kier molecular flexibility index (Phi) is 7.44. The van der Waals surface area contributed by atoms with Gasteiger partial charge in [-0.05, 0) is 78.6 Å². The third-order valence-electron chi connectivity index (χ3n) is 4.93. The van der Waals surface area contributed by atoms with E-state index in [4.69, 9.17) is 19.2 Å². The Labute approximate surface area is 184 Å². The van der Waals surface area contributed by atoms with Gasteiger partial charge in [0.25, 0.3) is 0 Å². The first-order valence-corrected chi connectivity index (χ1v) is 9.92. The highest BCUT2D eigenvalue weighted by Gasteiger charge is 2.15. The van der Waals surface area contributed by atoms with Crippen LogP contribution in [0.2, 0.25) is 0 Å². The number of rotatable bonds is 6. The number of pyridine rings is 1. The maximum Gasteiger partial charge on any atom is 0.169 e. The summed E-state index contributed by atoms with van der Waals surface area (Å²) in [6.07, 6.45) is 7.85. The van der Waals surface area contributed by atoms with Crippen molar-refractivity contribution in [1.82, 2.24) is 4.98 Å². The number of aliphatic imine (C=N–C) groups is 1. The second-order valence-corrected chi connectivity index (χ2v) is 6.93. The van der Waals surface area contributed by atoms with E-state index in [0.29, 0.717) is 11.5 Å². The first kappa shape index (κ1) is 22.1. The molecule has 0 aliphatic carbocycles. The van der Waals surface area contributed by atoms with E-state index in [2.05, 4.69) is 17.1 Å². The highest BCUT2D eigenvalue weighted by atomic mass is 16.5. The molecule has 0 amide bonds. The Bertz CT molecular complexity index is 1060. The quantitative estimate of drug-likeness (QED) is 0.480. The van der Waals surface area contributed by atoms with Crippen molar-refractivity contribution in [2.45, 2.75) is 20.3 Å². The molecule has 0 N–H and O–H groups in total. The zero-order valence-corrected chi connectivity index (χ0v) is 17.2. The summed E-state index contributed by atoms with van der Waals surface area (Å²) < 4.78 is 16.8. The lowest BCUT2D eigenvalue weighted by Crippen LogP contribution is -2.11. The van der Waals surface area contributed by atoms with Crippen LogP contribution in [0.4, 0.5) is 0 Å². The Morgan fingerprint density at radius 1 is 0.903 bits per heavy atom. The smallest absolute Gasteiger partial charge is 0.169 e. The number of methoxy groups -OCH3 is 2. The van der Waals surface area contributed by atoms with Gasteiger partial charge in [0, 0.05) is 24.5 Å². The third-order valence-corrected chi connectivity index (χ3v) is 4.93. The lowest BCUT2D eigenvalue weighted by Gasteiger charge is -2.17. The van der Waals surface area contributed by atoms with Gasteiger partial charge in [0.1, 0.15) is 11.5 Å². The van der Waals surface area contributed by atoms with Crippen LogP contribution in [0.1, 0.15) is 31.4 Å². The van der Waals surface area contributed by atoms with Crippen molar-refractivity contribution in [2.24, 2.45) is 4.99 Å². The summed E-state index contributed by atoms with van der Waals surface area (Å²) in [7, 11) is 3.29. The zero-order valence-electron chi connectivity index (χ0n) is 17.2. The molecular weight excluding hydrogens is 388 g/mol. The zero-order chi connectivity index (χ0) is 20.8. The van der Waals surface area contributed by atoms with Gasteiger partial charge in [0.15, 0.2) is 11.5 Å². The van der Waals surface area contributed by atoms with Crippen LogP contribution in [-0.2, 0) is 0 Å². The van der Waals surface area contributed by atoms with E-state index in [-0.39, 0.29) is 7.43 Å². The number of allylic oxidation sites excluding steroid dienone is 1. The van der Waals surface area contributed by atoms with Crippen LogP contribution in [0.15, 0.2) is 77.6 Å². The highest BCUT2D eigenvalue weighted by molar-refractivity contribution is 6.15. The monoisotopic (exact) mass is 416 g/mol. The molecule has 1 aliphatic heterocycles. The Morgan fingerprint density at radius 2 is 1.71 bits per heavy atom. The van der Waals surface area contributed by atoms with Crippen LogP contribution in [0.5, 0.6) is 23.0 Å². The number of hydrogen-bond acceptors (Lipinski definition) is 5. The highest BCUT2D eigenvalue weighted by Crippen LogP contribution is 2.34. The average Bonchev–Trinajstić information content (AvgIpc) is 2.81. The molecule has 0 bridgehead atoms. The summed E-state index contributed by atoms with van der Waals surface area (Å²) in [6.45, 7) is 0.847. The summed E-state index contributed by atoms with van der Waals surface area (Å²) in [4.78, 5) is 8.99. The van der Waals surface area contributed by atoms with E-state index in [9.17, 15) is 0 Å². The predicted molar refractivity (Wildman–Crippen MR) is 126 cm³/mol. The molecule has 3 aromatic rings. The molecule has 4 rings (SSSR count). The van der Waals surface area contributed by atoms with E-state index in [1.54, 1.807) is 20.4 Å². The van der Waals surface area contributed by atoms with Crippen molar-refractivity contribution in [1.29, 1.82) is 0 Å². The molecule has 0 spiro atoms. The average molecular weight is 417 g/mol. The van der Waals surface area contributed by atoms with Crippen molar-refractivity contribution in [3.8, 4) is 23.0 Å². The van der Waals surface area contributed by atoms with E-state index in [1.165, 1.54) is 5.57 Å². The molecule has 5 nitrogen and oxygen atoms in total. The van der Waals surface area contributed by atoms with Gasteiger partial charge in [-0.3, -0.25) is 9.98 Å². The summed E-state index contributed by atoms with van der Waals surface area (Å²) >= 11 is 0. The first-order chi connectivity index (χ1) is 14.8. The summed E-state index contributed by atoms with van der Waals surface area (Å²) in [5.74, 6) is 2.85. The number of benzene rings is 2. The van der Waals surface area contributed by atoms with Crippen LogP contribution < -0.4 is 14.2 Å². The lowest BCUT2D eigenvalue weighted by molar-refractivity contribution is 0.378. The normalized spacial score (nSPS) is 14.4. The van der Waals surface area contributed by atoms with Crippen LogP contribution in [0.3, 0.4) is 0 Å².